The molecule has 4 saturated carbocycles. The van der Waals surface area contributed by atoms with Crippen LogP contribution in [0.25, 0.3) is 0 Å². The predicted octanol–water partition coefficient (Wildman–Crippen LogP) is 4.78. The van der Waals surface area contributed by atoms with Gasteiger partial charge in [-0.05, 0) is 56.4 Å². The van der Waals surface area contributed by atoms with Crippen LogP contribution in [0.15, 0.2) is 24.3 Å². The zero-order valence-corrected chi connectivity index (χ0v) is 15.0. The number of para-hydroxylation sites is 1. The highest BCUT2D eigenvalue weighted by Crippen LogP contribution is 2.63. The maximum atomic E-state index is 13.0. The molecule has 0 aliphatic heterocycles. The summed E-state index contributed by atoms with van der Waals surface area (Å²) in [6.45, 7) is 0.0114. The molecule has 4 fully saturated rings. The number of amides is 1. The van der Waals surface area contributed by atoms with E-state index in [-0.39, 0.29) is 23.1 Å². The number of benzene rings is 1. The summed E-state index contributed by atoms with van der Waals surface area (Å²) in [5, 5.41) is 2.85. The first kappa shape index (κ1) is 18.0. The molecule has 5 rings (SSSR count). The zero-order valence-electron chi connectivity index (χ0n) is 14.2. The minimum Gasteiger partial charge on any atom is -0.405 e. The normalized spacial score (nSPS) is 35.4. The van der Waals surface area contributed by atoms with E-state index in [4.69, 9.17) is 11.6 Å². The molecule has 7 heteroatoms. The lowest BCUT2D eigenvalue weighted by molar-refractivity contribution is -0.274. The maximum absolute atomic E-state index is 13.0. The van der Waals surface area contributed by atoms with Crippen LogP contribution in [0.2, 0.25) is 0 Å². The van der Waals surface area contributed by atoms with Gasteiger partial charge in [-0.25, -0.2) is 0 Å². The molecule has 0 radical (unpaired) electrons. The van der Waals surface area contributed by atoms with E-state index in [1.807, 2.05) is 0 Å². The molecule has 4 aliphatic rings. The van der Waals surface area contributed by atoms with Crippen molar-refractivity contribution in [3.63, 3.8) is 0 Å². The van der Waals surface area contributed by atoms with Crippen LogP contribution in [0.3, 0.4) is 0 Å². The van der Waals surface area contributed by atoms with Gasteiger partial charge in [0, 0.05) is 17.0 Å². The average Bonchev–Trinajstić information content (AvgIpc) is 2.50. The molecule has 1 amide bonds. The SMILES string of the molecule is O=C(NCc1ccccc1OC(F)(F)F)C12CC3CC(CC(Cl)(C3)C1)C2. The van der Waals surface area contributed by atoms with Gasteiger partial charge in [0.25, 0.3) is 0 Å². The molecular weight excluding hydrogens is 367 g/mol. The molecule has 0 spiro atoms. The summed E-state index contributed by atoms with van der Waals surface area (Å²) in [4.78, 5) is 12.7. The third-order valence-electron chi connectivity index (χ3n) is 6.11. The highest BCUT2D eigenvalue weighted by atomic mass is 35.5. The minimum absolute atomic E-state index is 0.0114. The van der Waals surface area contributed by atoms with Crippen LogP contribution in [0, 0.1) is 17.3 Å². The fraction of sp³-hybridized carbons (Fsp3) is 0.632. The minimum atomic E-state index is -4.76. The molecule has 1 aromatic rings. The standard InChI is InChI=1S/C19H21ClF3NO2/c20-18-8-12-5-13(9-18)7-17(6-12,11-18)16(25)24-10-14-3-1-2-4-15(14)26-19(21,22)23/h1-4,12-13H,5-11H2,(H,24,25). The number of hydrogen-bond acceptors (Lipinski definition) is 2. The smallest absolute Gasteiger partial charge is 0.405 e. The number of nitrogens with one attached hydrogen (secondary N) is 1. The number of hydrogen-bond donors (Lipinski definition) is 1. The van der Waals surface area contributed by atoms with Gasteiger partial charge in [0.05, 0.1) is 5.41 Å². The molecule has 3 nitrogen and oxygen atoms in total. The fourth-order valence-corrected chi connectivity index (χ4v) is 6.35. The van der Waals surface area contributed by atoms with Crippen molar-refractivity contribution in [2.75, 3.05) is 0 Å². The highest BCUT2D eigenvalue weighted by Gasteiger charge is 2.60. The van der Waals surface area contributed by atoms with Gasteiger partial charge >= 0.3 is 6.36 Å². The third-order valence-corrected chi connectivity index (χ3v) is 6.55. The van der Waals surface area contributed by atoms with Gasteiger partial charge in [-0.15, -0.1) is 24.8 Å². The Bertz CT molecular complexity index is 707. The summed E-state index contributed by atoms with van der Waals surface area (Å²) < 4.78 is 41.7. The van der Waals surface area contributed by atoms with E-state index >= 15 is 0 Å². The lowest BCUT2D eigenvalue weighted by atomic mass is 9.49. The second kappa shape index (κ2) is 6.04. The number of carbonyl (C=O) groups is 1. The van der Waals surface area contributed by atoms with E-state index in [0.29, 0.717) is 23.8 Å². The first-order valence-electron chi connectivity index (χ1n) is 8.97. The largest absolute Gasteiger partial charge is 0.573 e. The van der Waals surface area contributed by atoms with Crippen molar-refractivity contribution in [1.82, 2.24) is 5.32 Å². The van der Waals surface area contributed by atoms with E-state index in [1.165, 1.54) is 18.2 Å². The lowest BCUT2D eigenvalue weighted by Gasteiger charge is -2.59. The van der Waals surface area contributed by atoms with Crippen molar-refractivity contribution in [1.29, 1.82) is 0 Å². The molecule has 0 saturated heterocycles. The van der Waals surface area contributed by atoms with Crippen LogP contribution >= 0.6 is 11.6 Å². The number of halogens is 4. The second-order valence-electron chi connectivity index (χ2n) is 8.23. The average molecular weight is 388 g/mol. The summed E-state index contributed by atoms with van der Waals surface area (Å²) in [6.07, 6.45) is 0.678. The van der Waals surface area contributed by atoms with Crippen LogP contribution in [0.4, 0.5) is 13.2 Å². The van der Waals surface area contributed by atoms with Crippen LogP contribution < -0.4 is 10.1 Å². The van der Waals surface area contributed by atoms with Crippen molar-refractivity contribution < 1.29 is 22.7 Å². The van der Waals surface area contributed by atoms with Gasteiger partial charge in [0.1, 0.15) is 5.75 Å². The Morgan fingerprint density at radius 3 is 2.46 bits per heavy atom. The Morgan fingerprint density at radius 1 is 1.19 bits per heavy atom. The molecule has 26 heavy (non-hydrogen) atoms. The number of carbonyl (C=O) groups excluding carboxylic acids is 1. The molecule has 2 unspecified atom stereocenters. The first-order chi connectivity index (χ1) is 12.2. The van der Waals surface area contributed by atoms with Crippen molar-refractivity contribution in [3.8, 4) is 5.75 Å². The molecule has 4 bridgehead atoms. The number of alkyl halides is 4. The van der Waals surface area contributed by atoms with Gasteiger partial charge in [-0.1, -0.05) is 18.2 Å². The van der Waals surface area contributed by atoms with E-state index in [0.717, 1.165) is 32.1 Å². The monoisotopic (exact) mass is 387 g/mol. The van der Waals surface area contributed by atoms with Crippen molar-refractivity contribution in [2.24, 2.45) is 17.3 Å². The molecule has 4 aliphatic carbocycles. The number of rotatable bonds is 4. The Balaban J connectivity index is 1.47. The maximum Gasteiger partial charge on any atom is 0.573 e. The molecule has 2 atom stereocenters. The quantitative estimate of drug-likeness (QED) is 0.755. The summed E-state index contributed by atoms with van der Waals surface area (Å²) in [5.41, 5.74) is -0.158. The summed E-state index contributed by atoms with van der Waals surface area (Å²) in [6, 6.07) is 5.89. The topological polar surface area (TPSA) is 38.3 Å². The van der Waals surface area contributed by atoms with Crippen molar-refractivity contribution in [3.05, 3.63) is 29.8 Å². The molecular formula is C19H21ClF3NO2. The van der Waals surface area contributed by atoms with Crippen molar-refractivity contribution in [2.45, 2.75) is 56.3 Å². The first-order valence-corrected chi connectivity index (χ1v) is 9.35. The molecule has 0 heterocycles. The predicted molar refractivity (Wildman–Crippen MR) is 90.7 cm³/mol. The zero-order chi connectivity index (χ0) is 18.6. The van der Waals surface area contributed by atoms with Gasteiger partial charge in [0.15, 0.2) is 0 Å². The van der Waals surface area contributed by atoms with Crippen molar-refractivity contribution >= 4 is 17.5 Å². The second-order valence-corrected chi connectivity index (χ2v) is 9.03. The summed E-state index contributed by atoms with van der Waals surface area (Å²) >= 11 is 6.75. The fourth-order valence-electron chi connectivity index (χ4n) is 5.65. The molecule has 1 N–H and O–H groups in total. The van der Waals surface area contributed by atoms with E-state index in [2.05, 4.69) is 10.1 Å². The Morgan fingerprint density at radius 2 is 1.85 bits per heavy atom. The Labute approximate surface area is 155 Å². The van der Waals surface area contributed by atoms with Gasteiger partial charge < -0.3 is 10.1 Å². The number of ether oxygens (including phenoxy) is 1. The molecule has 1 aromatic carbocycles. The van der Waals surface area contributed by atoms with E-state index < -0.39 is 11.8 Å². The van der Waals surface area contributed by atoms with Crippen LogP contribution in [0.1, 0.15) is 44.1 Å². The molecule has 0 aromatic heterocycles. The molecule has 142 valence electrons. The van der Waals surface area contributed by atoms with Crippen LogP contribution in [-0.4, -0.2) is 17.1 Å². The summed E-state index contributed by atoms with van der Waals surface area (Å²) in [7, 11) is 0. The Hall–Kier alpha value is -1.43. The third kappa shape index (κ3) is 3.40. The lowest BCUT2D eigenvalue weighted by Crippen LogP contribution is -2.58. The van der Waals surface area contributed by atoms with Gasteiger partial charge in [-0.3, -0.25) is 4.79 Å². The summed E-state index contributed by atoms with van der Waals surface area (Å²) in [5.74, 6) is 0.610. The van der Waals surface area contributed by atoms with Crippen LogP contribution in [-0.2, 0) is 11.3 Å². The van der Waals surface area contributed by atoms with Gasteiger partial charge in [-0.2, -0.15) is 0 Å². The van der Waals surface area contributed by atoms with E-state index in [9.17, 15) is 18.0 Å². The highest BCUT2D eigenvalue weighted by molar-refractivity contribution is 6.24. The van der Waals surface area contributed by atoms with Gasteiger partial charge in [0.2, 0.25) is 5.91 Å². The van der Waals surface area contributed by atoms with Crippen LogP contribution in [0.5, 0.6) is 5.75 Å². The Kier molecular flexibility index (Phi) is 4.17. The van der Waals surface area contributed by atoms with E-state index in [1.54, 1.807) is 6.07 Å².